The molecule has 0 saturated heterocycles. The molecule has 0 aliphatic rings. The summed E-state index contributed by atoms with van der Waals surface area (Å²) in [5.74, 6) is 0.229. The van der Waals surface area contributed by atoms with Crippen molar-refractivity contribution in [3.8, 4) is 0 Å². The maximum absolute atomic E-state index is 11.5. The highest BCUT2D eigenvalue weighted by atomic mass is 16.2. The zero-order chi connectivity index (χ0) is 10.4. The first kappa shape index (κ1) is 12.4. The molecule has 1 amide bonds. The van der Waals surface area contributed by atoms with Crippen LogP contribution in [0.25, 0.3) is 0 Å². The molecule has 0 radical (unpaired) electrons. The molecule has 0 rings (SSSR count). The predicted molar refractivity (Wildman–Crippen MR) is 55.3 cm³/mol. The zero-order valence-corrected chi connectivity index (χ0v) is 9.13. The van der Waals surface area contributed by atoms with Gasteiger partial charge in [0.1, 0.15) is 0 Å². The first-order valence-electron chi connectivity index (χ1n) is 5.08. The summed E-state index contributed by atoms with van der Waals surface area (Å²) in [6, 6.07) is -0.137. The summed E-state index contributed by atoms with van der Waals surface area (Å²) in [7, 11) is 0. The van der Waals surface area contributed by atoms with Crippen molar-refractivity contribution < 1.29 is 4.79 Å². The lowest BCUT2D eigenvalue weighted by molar-refractivity contribution is -0.124. The molecular weight excluding hydrogens is 164 g/mol. The van der Waals surface area contributed by atoms with Crippen LogP contribution in [0.2, 0.25) is 0 Å². The van der Waals surface area contributed by atoms with Crippen LogP contribution in [0, 0.1) is 5.92 Å². The van der Waals surface area contributed by atoms with Gasteiger partial charge >= 0.3 is 0 Å². The van der Waals surface area contributed by atoms with Gasteiger partial charge in [0.05, 0.1) is 6.04 Å². The van der Waals surface area contributed by atoms with Gasteiger partial charge < -0.3 is 11.1 Å². The van der Waals surface area contributed by atoms with E-state index in [1.54, 1.807) is 0 Å². The Labute approximate surface area is 81.1 Å². The summed E-state index contributed by atoms with van der Waals surface area (Å²) in [5.41, 5.74) is 5.76. The SMILES string of the molecule is CC[C@@H](C)NC(=O)[C@@H](N)[C@@H](C)CC. The number of amides is 1. The van der Waals surface area contributed by atoms with Crippen LogP contribution in [0.5, 0.6) is 0 Å². The van der Waals surface area contributed by atoms with E-state index >= 15 is 0 Å². The second-order valence-electron chi connectivity index (χ2n) is 3.73. The summed E-state index contributed by atoms with van der Waals surface area (Å²) in [4.78, 5) is 11.5. The van der Waals surface area contributed by atoms with E-state index in [1.807, 2.05) is 27.7 Å². The van der Waals surface area contributed by atoms with Gasteiger partial charge in [-0.15, -0.1) is 0 Å². The average Bonchev–Trinajstić information content (AvgIpc) is 2.14. The van der Waals surface area contributed by atoms with Gasteiger partial charge in [-0.3, -0.25) is 4.79 Å². The Hall–Kier alpha value is -0.570. The molecular formula is C10H22N2O. The van der Waals surface area contributed by atoms with Gasteiger partial charge in [-0.1, -0.05) is 27.2 Å². The average molecular weight is 186 g/mol. The van der Waals surface area contributed by atoms with Crippen LogP contribution in [0.3, 0.4) is 0 Å². The zero-order valence-electron chi connectivity index (χ0n) is 9.13. The molecule has 0 unspecified atom stereocenters. The number of hydrogen-bond acceptors (Lipinski definition) is 2. The summed E-state index contributed by atoms with van der Waals surface area (Å²) < 4.78 is 0. The fourth-order valence-corrected chi connectivity index (χ4v) is 0.953. The highest BCUT2D eigenvalue weighted by Crippen LogP contribution is 2.05. The third-order valence-corrected chi connectivity index (χ3v) is 2.56. The molecule has 0 aliphatic carbocycles. The van der Waals surface area contributed by atoms with Crippen molar-refractivity contribution in [1.82, 2.24) is 5.32 Å². The maximum atomic E-state index is 11.5. The van der Waals surface area contributed by atoms with Crippen molar-refractivity contribution in [1.29, 1.82) is 0 Å². The third-order valence-electron chi connectivity index (χ3n) is 2.56. The third kappa shape index (κ3) is 4.27. The molecule has 3 heteroatoms. The van der Waals surface area contributed by atoms with E-state index in [9.17, 15) is 4.79 Å². The summed E-state index contributed by atoms with van der Waals surface area (Å²) in [6.45, 7) is 8.07. The monoisotopic (exact) mass is 186 g/mol. The van der Waals surface area contributed by atoms with E-state index in [0.29, 0.717) is 0 Å². The molecule has 78 valence electrons. The number of hydrogen-bond donors (Lipinski definition) is 2. The van der Waals surface area contributed by atoms with Crippen LogP contribution in [-0.2, 0) is 4.79 Å². The largest absolute Gasteiger partial charge is 0.352 e. The van der Waals surface area contributed by atoms with E-state index in [0.717, 1.165) is 12.8 Å². The maximum Gasteiger partial charge on any atom is 0.237 e. The van der Waals surface area contributed by atoms with Crippen molar-refractivity contribution in [2.24, 2.45) is 11.7 Å². The Morgan fingerprint density at radius 1 is 1.31 bits per heavy atom. The van der Waals surface area contributed by atoms with Crippen molar-refractivity contribution >= 4 is 5.91 Å². The van der Waals surface area contributed by atoms with Gasteiger partial charge in [-0.25, -0.2) is 0 Å². The highest BCUT2D eigenvalue weighted by Gasteiger charge is 2.19. The van der Waals surface area contributed by atoms with Crippen LogP contribution in [0.4, 0.5) is 0 Å². The Balaban J connectivity index is 3.96. The quantitative estimate of drug-likeness (QED) is 0.679. The van der Waals surface area contributed by atoms with Gasteiger partial charge in [-0.2, -0.15) is 0 Å². The van der Waals surface area contributed by atoms with Crippen molar-refractivity contribution in [2.45, 2.75) is 52.6 Å². The van der Waals surface area contributed by atoms with Crippen LogP contribution in [0.15, 0.2) is 0 Å². The van der Waals surface area contributed by atoms with Crippen LogP contribution < -0.4 is 11.1 Å². The van der Waals surface area contributed by atoms with E-state index in [-0.39, 0.29) is 23.9 Å². The summed E-state index contributed by atoms with van der Waals surface area (Å²) in [5, 5.41) is 2.88. The number of carbonyl (C=O) groups excluding carboxylic acids is 1. The lowest BCUT2D eigenvalue weighted by atomic mass is 9.99. The van der Waals surface area contributed by atoms with Gasteiger partial charge in [0, 0.05) is 6.04 Å². The van der Waals surface area contributed by atoms with Crippen molar-refractivity contribution in [2.75, 3.05) is 0 Å². The van der Waals surface area contributed by atoms with Gasteiger partial charge in [-0.05, 0) is 19.3 Å². The Kier molecular flexibility index (Phi) is 5.71. The van der Waals surface area contributed by atoms with Gasteiger partial charge in [0.15, 0.2) is 0 Å². The molecule has 0 saturated carbocycles. The number of nitrogens with one attached hydrogen (secondary N) is 1. The molecule has 3 atom stereocenters. The van der Waals surface area contributed by atoms with Crippen molar-refractivity contribution in [3.05, 3.63) is 0 Å². The lowest BCUT2D eigenvalue weighted by Gasteiger charge is -2.20. The van der Waals surface area contributed by atoms with E-state index in [1.165, 1.54) is 0 Å². The molecule has 0 aromatic carbocycles. The Morgan fingerprint density at radius 3 is 2.23 bits per heavy atom. The first-order valence-corrected chi connectivity index (χ1v) is 5.08. The van der Waals surface area contributed by atoms with Crippen LogP contribution in [-0.4, -0.2) is 18.0 Å². The molecule has 0 fully saturated rings. The van der Waals surface area contributed by atoms with Crippen LogP contribution >= 0.6 is 0 Å². The molecule has 3 nitrogen and oxygen atoms in total. The molecule has 0 aromatic rings. The summed E-state index contributed by atoms with van der Waals surface area (Å²) >= 11 is 0. The van der Waals surface area contributed by atoms with Crippen molar-refractivity contribution in [3.63, 3.8) is 0 Å². The number of rotatable bonds is 5. The first-order chi connectivity index (χ1) is 6.02. The number of carbonyl (C=O) groups is 1. The standard InChI is InChI=1S/C10H22N2O/c1-5-7(3)9(11)10(13)12-8(4)6-2/h7-9H,5-6,11H2,1-4H3,(H,12,13)/t7-,8+,9-/m0/s1. The molecule has 13 heavy (non-hydrogen) atoms. The fourth-order valence-electron chi connectivity index (χ4n) is 0.953. The fraction of sp³-hybridized carbons (Fsp3) is 0.900. The second kappa shape index (κ2) is 5.97. The molecule has 3 N–H and O–H groups in total. The summed E-state index contributed by atoms with van der Waals surface area (Å²) in [6.07, 6.45) is 1.88. The minimum Gasteiger partial charge on any atom is -0.352 e. The topological polar surface area (TPSA) is 55.1 Å². The van der Waals surface area contributed by atoms with Gasteiger partial charge in [0.25, 0.3) is 0 Å². The minimum atomic E-state index is -0.362. The minimum absolute atomic E-state index is 0.0244. The lowest BCUT2D eigenvalue weighted by Crippen LogP contribution is -2.47. The Bertz CT molecular complexity index is 159. The molecule has 0 spiro atoms. The molecule has 0 bridgehead atoms. The molecule has 0 heterocycles. The van der Waals surface area contributed by atoms with E-state index in [4.69, 9.17) is 5.73 Å². The smallest absolute Gasteiger partial charge is 0.237 e. The molecule has 0 aliphatic heterocycles. The predicted octanol–water partition coefficient (Wildman–Crippen LogP) is 1.27. The second-order valence-corrected chi connectivity index (χ2v) is 3.73. The van der Waals surface area contributed by atoms with E-state index < -0.39 is 0 Å². The van der Waals surface area contributed by atoms with Crippen LogP contribution in [0.1, 0.15) is 40.5 Å². The highest BCUT2D eigenvalue weighted by molar-refractivity contribution is 5.81. The number of nitrogens with two attached hydrogens (primary N) is 1. The van der Waals surface area contributed by atoms with Gasteiger partial charge in [0.2, 0.25) is 5.91 Å². The Morgan fingerprint density at radius 2 is 1.85 bits per heavy atom. The normalized spacial score (nSPS) is 17.6. The molecule has 0 aromatic heterocycles. The van der Waals surface area contributed by atoms with E-state index in [2.05, 4.69) is 5.32 Å².